The van der Waals surface area contributed by atoms with Crippen molar-refractivity contribution in [2.45, 2.75) is 164 Å². The number of aromatic amines is 2. The van der Waals surface area contributed by atoms with Gasteiger partial charge in [0, 0.05) is 54.8 Å². The summed E-state index contributed by atoms with van der Waals surface area (Å²) in [5, 5.41) is 62.6. The molecular weight excluding hydrogens is 1200 g/mol. The molecule has 0 saturated heterocycles. The number of hydrogen-bond donors (Lipinski definition) is 21. The van der Waals surface area contributed by atoms with Crippen molar-refractivity contribution in [3.63, 3.8) is 0 Å². The zero-order valence-electron chi connectivity index (χ0n) is 50.5. The van der Waals surface area contributed by atoms with Gasteiger partial charge in [-0.2, -0.15) is 0 Å². The Balaban J connectivity index is 1.95. The van der Waals surface area contributed by atoms with Crippen LogP contribution in [0.25, 0.3) is 10.9 Å². The molecule has 0 aliphatic carbocycles. The predicted octanol–water partition coefficient (Wildman–Crippen LogP) is -7.33. The number of carbonyl (C=O) groups is 13. The summed E-state index contributed by atoms with van der Waals surface area (Å²) < 4.78 is 0. The molecule has 502 valence electrons. The van der Waals surface area contributed by atoms with Crippen molar-refractivity contribution in [3.8, 4) is 0 Å². The summed E-state index contributed by atoms with van der Waals surface area (Å²) in [7, 11) is 0. The molecule has 2 heterocycles. The molecule has 0 spiro atoms. The van der Waals surface area contributed by atoms with Crippen molar-refractivity contribution in [3.05, 3.63) is 54.2 Å². The van der Waals surface area contributed by atoms with Crippen LogP contribution in [0.1, 0.15) is 96.2 Å². The number of fused-ring (bicyclic) bond motifs is 1. The number of benzene rings is 1. The Morgan fingerprint density at radius 1 is 0.593 bits per heavy atom. The summed E-state index contributed by atoms with van der Waals surface area (Å²) in [5.74, 6) is -16.3. The van der Waals surface area contributed by atoms with E-state index in [1.807, 2.05) is 0 Å². The molecule has 11 amide bonds. The van der Waals surface area contributed by atoms with Gasteiger partial charge in [0.1, 0.15) is 54.4 Å². The summed E-state index contributed by atoms with van der Waals surface area (Å²) in [6.07, 6.45) is -0.356. The first-order valence-electron chi connectivity index (χ1n) is 29.1. The van der Waals surface area contributed by atoms with Crippen LogP contribution in [0.4, 0.5) is 0 Å². The number of carboxylic acids is 2. The van der Waals surface area contributed by atoms with Gasteiger partial charge in [-0.3, -0.25) is 62.5 Å². The molecule has 36 heteroatoms. The van der Waals surface area contributed by atoms with Crippen LogP contribution < -0.4 is 82.3 Å². The van der Waals surface area contributed by atoms with Gasteiger partial charge < -0.3 is 113 Å². The fraction of sp³-hybridized carbons (Fsp3) is 0.545. The molecule has 12 atom stereocenters. The molecule has 0 saturated carbocycles. The maximum Gasteiger partial charge on any atom is 0.326 e. The number of rotatable bonds is 42. The number of unbranched alkanes of at least 4 members (excludes halogenated alkanes) is 1. The number of H-pyrrole nitrogens is 2. The lowest BCUT2D eigenvalue weighted by Crippen LogP contribution is -2.62. The molecule has 27 N–H and O–H groups in total. The van der Waals surface area contributed by atoms with Crippen molar-refractivity contribution < 1.29 is 82.8 Å². The molecule has 0 aliphatic heterocycles. The second-order valence-corrected chi connectivity index (χ2v) is 21.5. The van der Waals surface area contributed by atoms with Crippen molar-refractivity contribution in [1.82, 2.24) is 62.8 Å². The molecule has 0 bridgehead atoms. The van der Waals surface area contributed by atoms with Crippen LogP contribution in [0.15, 0.2) is 48.0 Å². The first kappa shape index (κ1) is 75.4. The van der Waals surface area contributed by atoms with Crippen LogP contribution in [0.2, 0.25) is 0 Å². The summed E-state index contributed by atoms with van der Waals surface area (Å²) in [4.78, 5) is 187. The number of imidazole rings is 1. The number of aliphatic imine (C=N–C) groups is 1. The summed E-state index contributed by atoms with van der Waals surface area (Å²) >= 11 is 0. The molecule has 3 rings (SSSR count). The van der Waals surface area contributed by atoms with E-state index in [-0.39, 0.29) is 50.3 Å². The van der Waals surface area contributed by atoms with E-state index >= 15 is 0 Å². The Bertz CT molecular complexity index is 3030. The van der Waals surface area contributed by atoms with Crippen LogP contribution >= 0.6 is 0 Å². The van der Waals surface area contributed by atoms with Gasteiger partial charge in [0.05, 0.1) is 37.9 Å². The van der Waals surface area contributed by atoms with Crippen molar-refractivity contribution in [2.75, 3.05) is 19.7 Å². The highest BCUT2D eigenvalue weighted by Gasteiger charge is 2.38. The maximum atomic E-state index is 14.4. The Morgan fingerprint density at radius 2 is 1.12 bits per heavy atom. The number of carbonyl (C=O) groups excluding carboxylic acids is 11. The average Bonchev–Trinajstić information content (AvgIpc) is 1.94. The van der Waals surface area contributed by atoms with Gasteiger partial charge in [0.25, 0.3) is 0 Å². The van der Waals surface area contributed by atoms with Gasteiger partial charge in [0.15, 0.2) is 5.96 Å². The monoisotopic (exact) mass is 1280 g/mol. The summed E-state index contributed by atoms with van der Waals surface area (Å²) in [5.41, 5.74) is 34.7. The van der Waals surface area contributed by atoms with E-state index in [0.717, 1.165) is 6.92 Å². The molecule has 2 aromatic heterocycles. The SMILES string of the molecule is CC[C@H](C)[C@H](NC(=O)[C@H](CC(=O)O)NC(=O)[C@H](Cc1cnc[nH]1)NC(=O)[C@H](CCCN=C(N)N)NC(=O)[C@H](CO)NC(=O)[C@H](CCC(N)=O)NC(=O)[C@@H](NC(=O)[C@H](Cc1c[nH]c2ccccc12)NC(=O)[C@H](CC(N)=O)NC(=O)[C@@H](N)CCCCN)[C@@H](C)O)C(=O)O. The van der Waals surface area contributed by atoms with E-state index in [9.17, 15) is 82.8 Å². The number of nitrogens with one attached hydrogen (secondary N) is 11. The summed E-state index contributed by atoms with van der Waals surface area (Å²) in [6, 6.07) is -10.1. The van der Waals surface area contributed by atoms with Crippen molar-refractivity contribution in [2.24, 2.45) is 45.3 Å². The highest BCUT2D eigenvalue weighted by molar-refractivity contribution is 6.00. The lowest BCUT2D eigenvalue weighted by atomic mass is 9.98. The van der Waals surface area contributed by atoms with Crippen LogP contribution in [0.3, 0.4) is 0 Å². The average molecular weight is 1280 g/mol. The Kier molecular flexibility index (Phi) is 31.4. The van der Waals surface area contributed by atoms with E-state index in [0.29, 0.717) is 35.9 Å². The number of carboxylic acid groups (broad SMARTS) is 2. The largest absolute Gasteiger partial charge is 0.481 e. The first-order chi connectivity index (χ1) is 43.0. The van der Waals surface area contributed by atoms with Gasteiger partial charge in [-0.15, -0.1) is 0 Å². The second kappa shape index (κ2) is 37.9. The van der Waals surface area contributed by atoms with E-state index < -0.39 is 188 Å². The van der Waals surface area contributed by atoms with Crippen LogP contribution in [0.5, 0.6) is 0 Å². The number of primary amides is 2. The topological polar surface area (TPSA) is 624 Å². The number of nitrogens with zero attached hydrogens (tertiary/aromatic N) is 2. The zero-order chi connectivity index (χ0) is 68.1. The zero-order valence-corrected chi connectivity index (χ0v) is 50.5. The van der Waals surface area contributed by atoms with Gasteiger partial charge in [-0.05, 0) is 63.1 Å². The third-order valence-electron chi connectivity index (χ3n) is 14.2. The second-order valence-electron chi connectivity index (χ2n) is 21.5. The predicted molar refractivity (Wildman–Crippen MR) is 323 cm³/mol. The van der Waals surface area contributed by atoms with Crippen molar-refractivity contribution >= 4 is 93.8 Å². The van der Waals surface area contributed by atoms with E-state index in [1.54, 1.807) is 31.2 Å². The van der Waals surface area contributed by atoms with Crippen molar-refractivity contribution in [1.29, 1.82) is 0 Å². The van der Waals surface area contributed by atoms with E-state index in [2.05, 4.69) is 67.8 Å². The minimum absolute atomic E-state index is 0.0521. The van der Waals surface area contributed by atoms with E-state index in [4.69, 9.17) is 34.4 Å². The number of hydrogen-bond acceptors (Lipinski definition) is 19. The number of para-hydroxylation sites is 1. The number of guanidine groups is 1. The third-order valence-corrected chi connectivity index (χ3v) is 14.2. The minimum atomic E-state index is -1.98. The molecule has 1 aromatic carbocycles. The normalized spacial score (nSPS) is 15.1. The van der Waals surface area contributed by atoms with Gasteiger partial charge in [-0.25, -0.2) is 9.78 Å². The Hall–Kier alpha value is -9.81. The first-order valence-corrected chi connectivity index (χ1v) is 29.1. The Morgan fingerprint density at radius 3 is 1.69 bits per heavy atom. The highest BCUT2D eigenvalue weighted by Crippen LogP contribution is 2.20. The fourth-order valence-corrected chi connectivity index (χ4v) is 9.01. The smallest absolute Gasteiger partial charge is 0.326 e. The molecule has 36 nitrogen and oxygen atoms in total. The summed E-state index contributed by atoms with van der Waals surface area (Å²) in [6.45, 7) is 3.26. The molecule has 0 radical (unpaired) electrons. The number of aromatic nitrogens is 3. The van der Waals surface area contributed by atoms with Gasteiger partial charge >= 0.3 is 11.9 Å². The number of amides is 11. The molecule has 91 heavy (non-hydrogen) atoms. The molecule has 0 fully saturated rings. The third kappa shape index (κ3) is 25.7. The lowest BCUT2D eigenvalue weighted by Gasteiger charge is -2.28. The van der Waals surface area contributed by atoms with Gasteiger partial charge in [-0.1, -0.05) is 44.9 Å². The van der Waals surface area contributed by atoms with Gasteiger partial charge in [0.2, 0.25) is 65.0 Å². The molecule has 0 aliphatic rings. The highest BCUT2D eigenvalue weighted by atomic mass is 16.4. The standard InChI is InChI=1S/C55H85N19O17/c1-4-26(2)43(54(90)91)73-51(87)38(21-42(79)80)71-48(84)36(19-29-23-62-25-65-29)70-46(82)33(13-9-17-63-55(60)61)66-52(88)39(24-75)72-47(83)34(14-15-40(58)77)67-53(89)44(27(3)76)74-50(86)35(18-28-22-64-32-12-6-5-10-30(28)32)69-49(85)37(20-41(59)78)68-45(81)31(57)11-7-8-16-56/h5-6,10,12,22-23,25-27,31,33-39,43-44,64,75-76H,4,7-9,11,13-21,24,56-57H2,1-3H3,(H2,58,77)(H2,59,78)(H,62,65)(H,66,88)(H,67,89)(H,68,81)(H,69,85)(H,70,82)(H,71,84)(H,72,83)(H,73,87)(H,74,86)(H,79,80)(H,90,91)(H4,60,61,63)/t26-,27+,31-,33-,34-,35-,36-,37-,38-,39-,43-,44-/m0/s1. The number of aliphatic carboxylic acids is 2. The van der Waals surface area contributed by atoms with Crippen LogP contribution in [-0.4, -0.2) is 204 Å². The van der Waals surface area contributed by atoms with E-state index in [1.165, 1.54) is 25.6 Å². The van der Waals surface area contributed by atoms with Crippen LogP contribution in [0, 0.1) is 5.92 Å². The maximum absolute atomic E-state index is 14.4. The molecular formula is C55H85N19O17. The fourth-order valence-electron chi connectivity index (χ4n) is 9.01. The lowest BCUT2D eigenvalue weighted by molar-refractivity contribution is -0.145. The molecule has 3 aromatic rings. The van der Waals surface area contributed by atoms with Crippen LogP contribution in [-0.2, 0) is 75.2 Å². The number of aliphatic hydroxyl groups is 2. The number of nitrogens with two attached hydrogens (primary N) is 6. The quantitative estimate of drug-likeness (QED) is 0.0142. The molecule has 0 unspecified atom stereocenters. The number of aliphatic hydroxyl groups excluding tert-OH is 2. The minimum Gasteiger partial charge on any atom is -0.481 e. The Labute approximate surface area is 521 Å².